The van der Waals surface area contributed by atoms with Crippen molar-refractivity contribution in [2.24, 2.45) is 11.8 Å². The van der Waals surface area contributed by atoms with Crippen molar-refractivity contribution in [1.29, 1.82) is 0 Å². The maximum Gasteiger partial charge on any atom is 0.307 e. The minimum atomic E-state index is -0.879. The van der Waals surface area contributed by atoms with Crippen molar-refractivity contribution in [3.05, 3.63) is 46.8 Å². The second-order valence-corrected chi connectivity index (χ2v) is 7.75. The van der Waals surface area contributed by atoms with Crippen molar-refractivity contribution in [2.45, 2.75) is 33.2 Å². The van der Waals surface area contributed by atoms with Crippen molar-refractivity contribution in [1.82, 2.24) is 9.80 Å². The van der Waals surface area contributed by atoms with Gasteiger partial charge in [-0.15, -0.1) is 0 Å². The van der Waals surface area contributed by atoms with Gasteiger partial charge < -0.3 is 10.0 Å². The van der Waals surface area contributed by atoms with Crippen LogP contribution in [-0.4, -0.2) is 53.0 Å². The molecule has 0 unspecified atom stereocenters. The Labute approximate surface area is 159 Å². The van der Waals surface area contributed by atoms with Crippen molar-refractivity contribution in [3.63, 3.8) is 0 Å². The Balaban J connectivity index is 1.59. The van der Waals surface area contributed by atoms with Gasteiger partial charge in [-0.05, 0) is 44.4 Å². The Hall–Kier alpha value is -2.21. The fourth-order valence-electron chi connectivity index (χ4n) is 4.02. The number of carbonyl (C=O) groups is 2. The van der Waals surface area contributed by atoms with Crippen LogP contribution in [0, 0.1) is 17.7 Å². The van der Waals surface area contributed by atoms with E-state index >= 15 is 0 Å². The highest BCUT2D eigenvalue weighted by Crippen LogP contribution is 2.35. The average molecular weight is 374 g/mol. The molecule has 2 atom stereocenters. The van der Waals surface area contributed by atoms with Crippen LogP contribution in [0.1, 0.15) is 32.3 Å². The summed E-state index contributed by atoms with van der Waals surface area (Å²) >= 11 is 0. The molecule has 0 spiro atoms. The first-order valence-corrected chi connectivity index (χ1v) is 9.48. The number of nitrogens with zero attached hydrogens (tertiary/aromatic N) is 2. The fourth-order valence-corrected chi connectivity index (χ4v) is 4.02. The third-order valence-electron chi connectivity index (χ3n) is 5.90. The first-order chi connectivity index (χ1) is 12.8. The molecule has 1 amide bonds. The van der Waals surface area contributed by atoms with Gasteiger partial charge in [-0.1, -0.05) is 23.3 Å². The molecule has 1 fully saturated rings. The van der Waals surface area contributed by atoms with E-state index in [4.69, 9.17) is 0 Å². The Kier molecular flexibility index (Phi) is 5.95. The molecule has 0 aromatic heterocycles. The van der Waals surface area contributed by atoms with E-state index in [0.29, 0.717) is 25.9 Å². The summed E-state index contributed by atoms with van der Waals surface area (Å²) in [6.07, 6.45) is 1.000. The molecule has 2 aliphatic rings. The molecule has 3 rings (SSSR count). The zero-order chi connectivity index (χ0) is 19.6. The standard InChI is InChI=1S/C21H27FN2O3/c1-14-11-18(19(21(26)27)12-15(14)2)20(25)24-9-7-23(8-10-24)13-16-3-5-17(22)6-4-16/h3-6,18-19H,7-13H2,1-2H3,(H,26,27)/t18-,19-/m0/s1. The molecule has 146 valence electrons. The number of halogens is 1. The average Bonchev–Trinajstić information content (AvgIpc) is 2.65. The van der Waals surface area contributed by atoms with Crippen molar-refractivity contribution in [3.8, 4) is 0 Å². The van der Waals surface area contributed by atoms with E-state index in [1.165, 1.54) is 12.1 Å². The molecule has 27 heavy (non-hydrogen) atoms. The lowest BCUT2D eigenvalue weighted by molar-refractivity contribution is -0.151. The van der Waals surface area contributed by atoms with Gasteiger partial charge >= 0.3 is 5.97 Å². The van der Waals surface area contributed by atoms with E-state index < -0.39 is 17.8 Å². The molecule has 1 aliphatic carbocycles. The highest BCUT2D eigenvalue weighted by atomic mass is 19.1. The van der Waals surface area contributed by atoms with Gasteiger partial charge in [0, 0.05) is 32.7 Å². The zero-order valence-corrected chi connectivity index (χ0v) is 15.9. The number of rotatable bonds is 4. The quantitative estimate of drug-likeness (QED) is 0.824. The van der Waals surface area contributed by atoms with Gasteiger partial charge in [-0.2, -0.15) is 0 Å². The lowest BCUT2D eigenvalue weighted by atomic mass is 9.76. The summed E-state index contributed by atoms with van der Waals surface area (Å²) in [5.74, 6) is -2.24. The van der Waals surface area contributed by atoms with Crippen LogP contribution in [0.3, 0.4) is 0 Å². The Bertz CT molecular complexity index is 736. The van der Waals surface area contributed by atoms with Gasteiger partial charge in [0.05, 0.1) is 11.8 Å². The van der Waals surface area contributed by atoms with Crippen LogP contribution in [0.25, 0.3) is 0 Å². The van der Waals surface area contributed by atoms with Gasteiger partial charge in [0.1, 0.15) is 5.82 Å². The number of hydrogen-bond acceptors (Lipinski definition) is 3. The Morgan fingerprint density at radius 2 is 1.56 bits per heavy atom. The Morgan fingerprint density at radius 3 is 2.11 bits per heavy atom. The predicted octanol–water partition coefficient (Wildman–Crippen LogP) is 2.92. The minimum absolute atomic E-state index is 0.0318. The maximum absolute atomic E-state index is 13.0. The van der Waals surface area contributed by atoms with Gasteiger partial charge in [-0.25, -0.2) is 4.39 Å². The summed E-state index contributed by atoms with van der Waals surface area (Å²) < 4.78 is 13.0. The number of benzene rings is 1. The number of carboxylic acids is 1. The minimum Gasteiger partial charge on any atom is -0.481 e. The van der Waals surface area contributed by atoms with Gasteiger partial charge in [0.15, 0.2) is 0 Å². The summed E-state index contributed by atoms with van der Waals surface area (Å²) in [4.78, 5) is 28.7. The maximum atomic E-state index is 13.0. The molecule has 0 bridgehead atoms. The summed E-state index contributed by atoms with van der Waals surface area (Å²) in [7, 11) is 0. The number of carbonyl (C=O) groups excluding carboxylic acids is 1. The van der Waals surface area contributed by atoms with Crippen LogP contribution < -0.4 is 0 Å². The van der Waals surface area contributed by atoms with Crippen LogP contribution in [0.5, 0.6) is 0 Å². The third-order valence-corrected chi connectivity index (χ3v) is 5.90. The first-order valence-electron chi connectivity index (χ1n) is 9.48. The van der Waals surface area contributed by atoms with Crippen molar-refractivity contribution in [2.75, 3.05) is 26.2 Å². The molecule has 1 saturated heterocycles. The number of aliphatic carboxylic acids is 1. The molecule has 6 heteroatoms. The topological polar surface area (TPSA) is 60.9 Å². The molecule has 1 aromatic rings. The zero-order valence-electron chi connectivity index (χ0n) is 15.9. The van der Waals surface area contributed by atoms with Crippen molar-refractivity contribution >= 4 is 11.9 Å². The second-order valence-electron chi connectivity index (χ2n) is 7.75. The van der Waals surface area contributed by atoms with E-state index in [-0.39, 0.29) is 11.7 Å². The summed E-state index contributed by atoms with van der Waals surface area (Å²) in [5.41, 5.74) is 3.28. The molecule has 1 N–H and O–H groups in total. The van der Waals surface area contributed by atoms with Gasteiger partial charge in [0.25, 0.3) is 0 Å². The lowest BCUT2D eigenvalue weighted by Gasteiger charge is -2.38. The highest BCUT2D eigenvalue weighted by Gasteiger charge is 2.39. The number of carboxylic acid groups (broad SMARTS) is 1. The van der Waals surface area contributed by atoms with E-state index in [2.05, 4.69) is 4.90 Å². The van der Waals surface area contributed by atoms with E-state index in [1.54, 1.807) is 12.1 Å². The summed E-state index contributed by atoms with van der Waals surface area (Å²) in [6, 6.07) is 6.48. The largest absolute Gasteiger partial charge is 0.481 e. The monoisotopic (exact) mass is 374 g/mol. The first kappa shape index (κ1) is 19.5. The molecule has 5 nitrogen and oxygen atoms in total. The van der Waals surface area contributed by atoms with Gasteiger partial charge in [0.2, 0.25) is 5.91 Å². The number of allylic oxidation sites excluding steroid dienone is 2. The predicted molar refractivity (Wildman–Crippen MR) is 100 cm³/mol. The molecular formula is C21H27FN2O3. The SMILES string of the molecule is CC1=C(C)C[C@H](C(=O)N2CCN(Cc3ccc(F)cc3)CC2)[C@@H](C(=O)O)C1. The molecule has 1 heterocycles. The third kappa shape index (κ3) is 4.56. The van der Waals surface area contributed by atoms with E-state index in [1.807, 2.05) is 18.7 Å². The normalized spacial score (nSPS) is 24.2. The molecule has 0 radical (unpaired) electrons. The summed E-state index contributed by atoms with van der Waals surface area (Å²) in [6.45, 7) is 7.36. The molecule has 1 aromatic carbocycles. The van der Waals surface area contributed by atoms with Crippen LogP contribution in [0.4, 0.5) is 4.39 Å². The highest BCUT2D eigenvalue weighted by molar-refractivity contribution is 5.85. The second kappa shape index (κ2) is 8.21. The van der Waals surface area contributed by atoms with E-state index in [0.717, 1.165) is 36.3 Å². The van der Waals surface area contributed by atoms with Gasteiger partial charge in [-0.3, -0.25) is 14.5 Å². The molecule has 1 aliphatic heterocycles. The molecular weight excluding hydrogens is 347 g/mol. The summed E-state index contributed by atoms with van der Waals surface area (Å²) in [5, 5.41) is 9.56. The van der Waals surface area contributed by atoms with Crippen molar-refractivity contribution < 1.29 is 19.1 Å². The molecule has 0 saturated carbocycles. The van der Waals surface area contributed by atoms with Crippen LogP contribution in [0.2, 0.25) is 0 Å². The number of amides is 1. The lowest BCUT2D eigenvalue weighted by Crippen LogP contribution is -2.51. The van der Waals surface area contributed by atoms with E-state index in [9.17, 15) is 19.1 Å². The Morgan fingerprint density at radius 1 is 1.00 bits per heavy atom. The van der Waals surface area contributed by atoms with Crippen LogP contribution in [0.15, 0.2) is 35.4 Å². The smallest absolute Gasteiger partial charge is 0.307 e. The number of piperazine rings is 1. The van der Waals surface area contributed by atoms with Crippen LogP contribution >= 0.6 is 0 Å². The fraction of sp³-hybridized carbons (Fsp3) is 0.524. The van der Waals surface area contributed by atoms with Crippen LogP contribution in [-0.2, 0) is 16.1 Å². The number of hydrogen-bond donors (Lipinski definition) is 1.